The molecule has 0 aromatic carbocycles. The molecule has 0 saturated carbocycles. The van der Waals surface area contributed by atoms with Crippen LogP contribution in [-0.2, 0) is 7.05 Å². The van der Waals surface area contributed by atoms with E-state index in [1.807, 2.05) is 17.9 Å². The summed E-state index contributed by atoms with van der Waals surface area (Å²) in [6, 6.07) is 0.476. The van der Waals surface area contributed by atoms with Gasteiger partial charge in [0, 0.05) is 31.4 Å². The molecule has 1 aliphatic heterocycles. The molecular weight excluding hydrogens is 212 g/mol. The maximum atomic E-state index is 5.66. The van der Waals surface area contributed by atoms with Crippen molar-refractivity contribution in [1.29, 1.82) is 0 Å². The number of nitrogens with two attached hydrogens (primary N) is 1. The zero-order valence-electron chi connectivity index (χ0n) is 11.0. The number of hydrogen-bond acceptors (Lipinski definition) is 3. The minimum atomic E-state index is 0.476. The lowest BCUT2D eigenvalue weighted by Crippen LogP contribution is -2.37. The number of likely N-dealkylation sites (tertiary alicyclic amines) is 1. The average Bonchev–Trinajstić information content (AvgIpc) is 2.76. The van der Waals surface area contributed by atoms with Gasteiger partial charge in [-0.2, -0.15) is 5.10 Å². The van der Waals surface area contributed by atoms with E-state index in [0.29, 0.717) is 6.04 Å². The molecule has 2 heterocycles. The molecule has 96 valence electrons. The summed E-state index contributed by atoms with van der Waals surface area (Å²) in [5.74, 6) is 0.785. The summed E-state index contributed by atoms with van der Waals surface area (Å²) in [6.45, 7) is 5.49. The van der Waals surface area contributed by atoms with Crippen molar-refractivity contribution in [3.63, 3.8) is 0 Å². The van der Waals surface area contributed by atoms with Crippen LogP contribution in [0.2, 0.25) is 0 Å². The van der Waals surface area contributed by atoms with Gasteiger partial charge in [-0.3, -0.25) is 9.58 Å². The molecule has 4 heteroatoms. The van der Waals surface area contributed by atoms with Gasteiger partial charge >= 0.3 is 0 Å². The number of nitrogens with zero attached hydrogens (tertiary/aromatic N) is 3. The van der Waals surface area contributed by atoms with Crippen molar-refractivity contribution in [1.82, 2.24) is 14.7 Å². The second kappa shape index (κ2) is 5.65. The van der Waals surface area contributed by atoms with Gasteiger partial charge in [0.1, 0.15) is 0 Å². The van der Waals surface area contributed by atoms with Crippen LogP contribution in [0.15, 0.2) is 12.4 Å². The Morgan fingerprint density at radius 2 is 2.41 bits per heavy atom. The van der Waals surface area contributed by atoms with Crippen LogP contribution in [0.25, 0.3) is 0 Å². The molecule has 2 rings (SSSR count). The van der Waals surface area contributed by atoms with Crippen LogP contribution in [-0.4, -0.2) is 34.3 Å². The van der Waals surface area contributed by atoms with Crippen molar-refractivity contribution < 1.29 is 0 Å². The summed E-state index contributed by atoms with van der Waals surface area (Å²) in [5, 5.41) is 4.26. The van der Waals surface area contributed by atoms with E-state index in [4.69, 9.17) is 5.73 Å². The van der Waals surface area contributed by atoms with Crippen molar-refractivity contribution >= 4 is 0 Å². The molecule has 1 aromatic heterocycles. The number of aromatic nitrogens is 2. The van der Waals surface area contributed by atoms with Gasteiger partial charge in [-0.05, 0) is 45.2 Å². The van der Waals surface area contributed by atoms with Crippen LogP contribution >= 0.6 is 0 Å². The largest absolute Gasteiger partial charge is 0.330 e. The number of rotatable bonds is 4. The molecular formula is C13H24N4. The maximum absolute atomic E-state index is 5.66. The molecule has 1 aliphatic rings. The monoisotopic (exact) mass is 236 g/mol. The lowest BCUT2D eigenvalue weighted by Gasteiger charge is -2.36. The predicted octanol–water partition coefficient (Wildman–Crippen LogP) is 1.54. The van der Waals surface area contributed by atoms with Gasteiger partial charge in [-0.25, -0.2) is 0 Å². The third-order valence-corrected chi connectivity index (χ3v) is 3.88. The molecule has 2 atom stereocenters. The Morgan fingerprint density at radius 1 is 1.59 bits per heavy atom. The maximum Gasteiger partial charge on any atom is 0.0537 e. The highest BCUT2D eigenvalue weighted by atomic mass is 15.2. The van der Waals surface area contributed by atoms with Crippen LogP contribution in [0, 0.1) is 5.92 Å². The van der Waals surface area contributed by atoms with E-state index >= 15 is 0 Å². The van der Waals surface area contributed by atoms with Crippen LogP contribution in [0.1, 0.15) is 37.8 Å². The van der Waals surface area contributed by atoms with Crippen molar-refractivity contribution in [3.8, 4) is 0 Å². The van der Waals surface area contributed by atoms with Crippen molar-refractivity contribution in [3.05, 3.63) is 18.0 Å². The van der Waals surface area contributed by atoms with Crippen LogP contribution in [0.5, 0.6) is 0 Å². The summed E-state index contributed by atoms with van der Waals surface area (Å²) >= 11 is 0. The molecule has 0 aliphatic carbocycles. The summed E-state index contributed by atoms with van der Waals surface area (Å²) in [4.78, 5) is 2.57. The third-order valence-electron chi connectivity index (χ3n) is 3.88. The number of hydrogen-bond donors (Lipinski definition) is 1. The zero-order chi connectivity index (χ0) is 12.3. The predicted molar refractivity (Wildman–Crippen MR) is 69.6 cm³/mol. The first-order chi connectivity index (χ1) is 8.20. The highest BCUT2D eigenvalue weighted by Crippen LogP contribution is 2.27. The van der Waals surface area contributed by atoms with Crippen molar-refractivity contribution in [2.24, 2.45) is 18.7 Å². The highest BCUT2D eigenvalue weighted by Gasteiger charge is 2.24. The smallest absolute Gasteiger partial charge is 0.0537 e. The molecule has 17 heavy (non-hydrogen) atoms. The minimum absolute atomic E-state index is 0.476. The third kappa shape index (κ3) is 3.07. The molecule has 0 spiro atoms. The Bertz CT molecular complexity index is 345. The normalized spacial score (nSPS) is 23.8. The fraction of sp³-hybridized carbons (Fsp3) is 0.769. The van der Waals surface area contributed by atoms with Gasteiger partial charge in [-0.15, -0.1) is 0 Å². The Hall–Kier alpha value is -0.870. The molecule has 0 radical (unpaired) electrons. The van der Waals surface area contributed by atoms with E-state index in [9.17, 15) is 0 Å². The SMILES string of the molecule is CC(c1cnn(C)c1)N1CCCC(CCN)C1. The van der Waals surface area contributed by atoms with Crippen molar-refractivity contribution in [2.75, 3.05) is 19.6 Å². The first kappa shape index (κ1) is 12.6. The van der Waals surface area contributed by atoms with Gasteiger partial charge in [0.05, 0.1) is 6.20 Å². The number of piperidine rings is 1. The van der Waals surface area contributed by atoms with E-state index in [2.05, 4.69) is 23.1 Å². The van der Waals surface area contributed by atoms with E-state index < -0.39 is 0 Å². The van der Waals surface area contributed by atoms with Crippen LogP contribution in [0.4, 0.5) is 0 Å². The van der Waals surface area contributed by atoms with Gasteiger partial charge in [0.2, 0.25) is 0 Å². The second-order valence-electron chi connectivity index (χ2n) is 5.20. The lowest BCUT2D eigenvalue weighted by atomic mass is 9.93. The summed E-state index contributed by atoms with van der Waals surface area (Å²) < 4.78 is 1.88. The van der Waals surface area contributed by atoms with E-state index in [0.717, 1.165) is 18.9 Å². The molecule has 2 N–H and O–H groups in total. The Balaban J connectivity index is 1.97. The van der Waals surface area contributed by atoms with Gasteiger partial charge < -0.3 is 5.73 Å². The highest BCUT2D eigenvalue weighted by molar-refractivity contribution is 5.09. The average molecular weight is 236 g/mol. The Morgan fingerprint density at radius 3 is 3.06 bits per heavy atom. The van der Waals surface area contributed by atoms with Gasteiger partial charge in [-0.1, -0.05) is 0 Å². The Kier molecular flexibility index (Phi) is 4.18. The standard InChI is InChI=1S/C13H24N4/c1-11(13-8-15-16(2)10-13)17-7-3-4-12(9-17)5-6-14/h8,10-12H,3-7,9,14H2,1-2H3. The molecule has 0 amide bonds. The minimum Gasteiger partial charge on any atom is -0.330 e. The Labute approximate surface area is 104 Å². The van der Waals surface area contributed by atoms with Crippen LogP contribution in [0.3, 0.4) is 0 Å². The van der Waals surface area contributed by atoms with E-state index in [1.165, 1.54) is 31.5 Å². The van der Waals surface area contributed by atoms with Gasteiger partial charge in [0.15, 0.2) is 0 Å². The molecule has 1 aromatic rings. The molecule has 0 bridgehead atoms. The fourth-order valence-electron chi connectivity index (χ4n) is 2.79. The molecule has 4 nitrogen and oxygen atoms in total. The summed E-state index contributed by atoms with van der Waals surface area (Å²) in [5.41, 5.74) is 6.98. The molecule has 2 unspecified atom stereocenters. The first-order valence-electron chi connectivity index (χ1n) is 6.63. The number of aryl methyl sites for hydroxylation is 1. The zero-order valence-corrected chi connectivity index (χ0v) is 11.0. The summed E-state index contributed by atoms with van der Waals surface area (Å²) in [6.07, 6.45) is 7.91. The van der Waals surface area contributed by atoms with Crippen LogP contribution < -0.4 is 5.73 Å². The first-order valence-corrected chi connectivity index (χ1v) is 6.63. The second-order valence-corrected chi connectivity index (χ2v) is 5.20. The molecule has 1 fully saturated rings. The summed E-state index contributed by atoms with van der Waals surface area (Å²) in [7, 11) is 1.98. The topological polar surface area (TPSA) is 47.1 Å². The quantitative estimate of drug-likeness (QED) is 0.862. The van der Waals surface area contributed by atoms with E-state index in [-0.39, 0.29) is 0 Å². The molecule has 1 saturated heterocycles. The van der Waals surface area contributed by atoms with Gasteiger partial charge in [0.25, 0.3) is 0 Å². The van der Waals surface area contributed by atoms with E-state index in [1.54, 1.807) is 0 Å². The lowest BCUT2D eigenvalue weighted by molar-refractivity contribution is 0.128. The fourth-order valence-corrected chi connectivity index (χ4v) is 2.79. The van der Waals surface area contributed by atoms with Crippen molar-refractivity contribution in [2.45, 2.75) is 32.2 Å².